The predicted molar refractivity (Wildman–Crippen MR) is 62.7 cm³/mol. The first kappa shape index (κ1) is 13.3. The standard InChI is InChI=1S/C7H14NO2PS2/c1-5(9)7(3,4-12-13-11)8-6(2)10/h4,11H2,1-3H3,(H,8,10). The number of Topliss-reactive ketones (excluding diaryl/α,β-unsaturated/α-hetero) is 1. The molecule has 0 aliphatic rings. The predicted octanol–water partition coefficient (Wildman–Crippen LogP) is 1.64. The lowest BCUT2D eigenvalue weighted by Crippen LogP contribution is -2.52. The van der Waals surface area contributed by atoms with Crippen molar-refractivity contribution in [2.45, 2.75) is 26.3 Å². The molecular formula is C7H14NO2PS2. The van der Waals surface area contributed by atoms with Crippen molar-refractivity contribution in [2.75, 3.05) is 5.75 Å². The van der Waals surface area contributed by atoms with Gasteiger partial charge in [-0.05, 0) is 13.8 Å². The van der Waals surface area contributed by atoms with Crippen LogP contribution in [0, 0.1) is 0 Å². The van der Waals surface area contributed by atoms with Gasteiger partial charge in [0.05, 0.1) is 0 Å². The molecule has 76 valence electrons. The third-order valence-corrected chi connectivity index (χ3v) is 4.46. The molecule has 3 nitrogen and oxygen atoms in total. The minimum Gasteiger partial charge on any atom is -0.343 e. The van der Waals surface area contributed by atoms with Gasteiger partial charge in [-0.2, -0.15) is 0 Å². The van der Waals surface area contributed by atoms with Gasteiger partial charge in [0.1, 0.15) is 5.54 Å². The van der Waals surface area contributed by atoms with Crippen molar-refractivity contribution in [3.05, 3.63) is 0 Å². The number of rotatable bonds is 5. The Hall–Kier alpha value is 0.270. The average molecular weight is 239 g/mol. The van der Waals surface area contributed by atoms with Crippen molar-refractivity contribution in [1.29, 1.82) is 0 Å². The Kier molecular flexibility index (Phi) is 6.01. The van der Waals surface area contributed by atoms with Crippen LogP contribution in [0.25, 0.3) is 0 Å². The van der Waals surface area contributed by atoms with Crippen molar-refractivity contribution in [1.82, 2.24) is 5.32 Å². The maximum absolute atomic E-state index is 11.3. The van der Waals surface area contributed by atoms with Gasteiger partial charge in [-0.25, -0.2) is 0 Å². The van der Waals surface area contributed by atoms with E-state index in [1.54, 1.807) is 6.92 Å². The van der Waals surface area contributed by atoms with Crippen LogP contribution in [0.15, 0.2) is 0 Å². The Balaban J connectivity index is 4.34. The molecule has 0 aliphatic heterocycles. The normalized spacial score (nSPS) is 14.8. The molecule has 1 N–H and O–H groups in total. The van der Waals surface area contributed by atoms with E-state index in [1.807, 2.05) is 0 Å². The van der Waals surface area contributed by atoms with Crippen LogP contribution in [0.4, 0.5) is 0 Å². The fourth-order valence-electron chi connectivity index (χ4n) is 0.766. The van der Waals surface area contributed by atoms with Crippen molar-refractivity contribution < 1.29 is 9.59 Å². The van der Waals surface area contributed by atoms with Gasteiger partial charge >= 0.3 is 0 Å². The van der Waals surface area contributed by atoms with Crippen molar-refractivity contribution >= 4 is 41.3 Å². The van der Waals surface area contributed by atoms with Crippen LogP contribution in [0.2, 0.25) is 0 Å². The number of amides is 1. The van der Waals surface area contributed by atoms with Gasteiger partial charge in [-0.1, -0.05) is 29.6 Å². The van der Waals surface area contributed by atoms with Crippen LogP contribution >= 0.6 is 29.6 Å². The van der Waals surface area contributed by atoms with Gasteiger partial charge in [-0.3, -0.25) is 9.59 Å². The SMILES string of the molecule is CC(=O)NC(C)(CSSP)C(C)=O. The molecule has 0 fully saturated rings. The molecule has 0 aromatic carbocycles. The molecule has 0 saturated heterocycles. The van der Waals surface area contributed by atoms with Crippen LogP contribution in [-0.2, 0) is 9.59 Å². The largest absolute Gasteiger partial charge is 0.343 e. The zero-order valence-corrected chi connectivity index (χ0v) is 10.7. The van der Waals surface area contributed by atoms with E-state index in [0.29, 0.717) is 5.75 Å². The second kappa shape index (κ2) is 5.89. The Morgan fingerprint density at radius 3 is 2.31 bits per heavy atom. The van der Waals surface area contributed by atoms with E-state index in [1.165, 1.54) is 35.1 Å². The van der Waals surface area contributed by atoms with Crippen molar-refractivity contribution in [3.8, 4) is 0 Å². The Labute approximate surface area is 88.5 Å². The summed E-state index contributed by atoms with van der Waals surface area (Å²) in [5, 5.41) is 2.66. The summed E-state index contributed by atoms with van der Waals surface area (Å²) in [5.74, 6) is 0.386. The zero-order valence-electron chi connectivity index (χ0n) is 7.92. The molecule has 0 rings (SSSR count). The number of carbonyl (C=O) groups excluding carboxylic acids is 2. The highest BCUT2D eigenvalue weighted by atomic mass is 33.3. The molecule has 0 saturated carbocycles. The van der Waals surface area contributed by atoms with Crippen molar-refractivity contribution in [2.24, 2.45) is 0 Å². The molecule has 2 unspecified atom stereocenters. The summed E-state index contributed by atoms with van der Waals surface area (Å²) >= 11 is 0. The van der Waals surface area contributed by atoms with E-state index in [-0.39, 0.29) is 11.7 Å². The van der Waals surface area contributed by atoms with Crippen LogP contribution in [0.5, 0.6) is 0 Å². The highest BCUT2D eigenvalue weighted by Gasteiger charge is 2.30. The van der Waals surface area contributed by atoms with Crippen LogP contribution in [0.1, 0.15) is 20.8 Å². The van der Waals surface area contributed by atoms with E-state index in [4.69, 9.17) is 0 Å². The first-order chi connectivity index (χ1) is 5.92. The topological polar surface area (TPSA) is 46.2 Å². The van der Waals surface area contributed by atoms with Gasteiger partial charge in [0.2, 0.25) is 5.91 Å². The third-order valence-electron chi connectivity index (χ3n) is 1.64. The molecule has 2 atom stereocenters. The summed E-state index contributed by atoms with van der Waals surface area (Å²) < 4.78 is 0. The lowest BCUT2D eigenvalue weighted by molar-refractivity contribution is -0.128. The van der Waals surface area contributed by atoms with E-state index in [9.17, 15) is 9.59 Å². The maximum atomic E-state index is 11.3. The lowest BCUT2D eigenvalue weighted by Gasteiger charge is -2.26. The molecule has 1 amide bonds. The molecule has 0 aromatic rings. The van der Waals surface area contributed by atoms with Gasteiger partial charge in [0, 0.05) is 12.7 Å². The summed E-state index contributed by atoms with van der Waals surface area (Å²) in [5.41, 5.74) is -0.736. The van der Waals surface area contributed by atoms with Crippen LogP contribution in [-0.4, -0.2) is 23.0 Å². The van der Waals surface area contributed by atoms with Gasteiger partial charge in [0.25, 0.3) is 0 Å². The van der Waals surface area contributed by atoms with Gasteiger partial charge in [-0.15, -0.1) is 0 Å². The van der Waals surface area contributed by atoms with E-state index >= 15 is 0 Å². The number of nitrogens with one attached hydrogen (secondary N) is 1. The fraction of sp³-hybridized carbons (Fsp3) is 0.714. The quantitative estimate of drug-likeness (QED) is 0.585. The fourth-order valence-corrected chi connectivity index (χ4v) is 2.87. The molecule has 0 heterocycles. The zero-order chi connectivity index (χ0) is 10.5. The first-order valence-electron chi connectivity index (χ1n) is 3.70. The second-order valence-electron chi connectivity index (χ2n) is 2.93. The lowest BCUT2D eigenvalue weighted by atomic mass is 10.0. The summed E-state index contributed by atoms with van der Waals surface area (Å²) in [7, 11) is 5.52. The van der Waals surface area contributed by atoms with Gasteiger partial charge < -0.3 is 5.32 Å². The number of hydrogen-bond donors (Lipinski definition) is 1. The summed E-state index contributed by atoms with van der Waals surface area (Å²) in [6, 6.07) is 0. The number of ketones is 1. The summed E-state index contributed by atoms with van der Waals surface area (Å²) in [6.07, 6.45) is 0. The third kappa shape index (κ3) is 4.89. The number of hydrogen-bond acceptors (Lipinski definition) is 4. The molecule has 0 spiro atoms. The van der Waals surface area contributed by atoms with E-state index in [2.05, 4.69) is 13.8 Å². The Bertz CT molecular complexity index is 213. The van der Waals surface area contributed by atoms with E-state index in [0.717, 1.165) is 0 Å². The highest BCUT2D eigenvalue weighted by molar-refractivity contribution is 8.94. The second-order valence-corrected chi connectivity index (χ2v) is 6.66. The molecule has 0 radical (unpaired) electrons. The van der Waals surface area contributed by atoms with Crippen LogP contribution in [0.3, 0.4) is 0 Å². The minimum absolute atomic E-state index is 0.0192. The Morgan fingerprint density at radius 2 is 2.00 bits per heavy atom. The molecule has 0 aliphatic carbocycles. The molecule has 0 bridgehead atoms. The molecule has 6 heteroatoms. The first-order valence-corrected chi connectivity index (χ1v) is 7.50. The number of carbonyl (C=O) groups is 2. The van der Waals surface area contributed by atoms with Crippen molar-refractivity contribution in [3.63, 3.8) is 0 Å². The maximum Gasteiger partial charge on any atom is 0.217 e. The van der Waals surface area contributed by atoms with Gasteiger partial charge in [0.15, 0.2) is 5.78 Å². The smallest absolute Gasteiger partial charge is 0.217 e. The van der Waals surface area contributed by atoms with E-state index < -0.39 is 5.54 Å². The Morgan fingerprint density at radius 1 is 1.46 bits per heavy atom. The molecule has 0 aromatic heterocycles. The highest BCUT2D eigenvalue weighted by Crippen LogP contribution is 2.31. The monoisotopic (exact) mass is 239 g/mol. The minimum atomic E-state index is -0.736. The summed E-state index contributed by atoms with van der Waals surface area (Å²) in [4.78, 5) is 22.1. The molecular weight excluding hydrogens is 225 g/mol. The molecule has 13 heavy (non-hydrogen) atoms. The average Bonchev–Trinajstić information content (AvgIpc) is 1.99. The summed E-state index contributed by atoms with van der Waals surface area (Å²) in [6.45, 7) is 4.65. The van der Waals surface area contributed by atoms with Crippen LogP contribution < -0.4 is 5.32 Å².